The van der Waals surface area contributed by atoms with E-state index in [2.05, 4.69) is 24.5 Å². The second-order valence-electron chi connectivity index (χ2n) is 10.2. The van der Waals surface area contributed by atoms with Gasteiger partial charge in [-0.05, 0) is 78.1 Å². The summed E-state index contributed by atoms with van der Waals surface area (Å²) in [6.07, 6.45) is 0.928. The molecule has 0 radical (unpaired) electrons. The fraction of sp³-hybridized carbons (Fsp3) is 0.206. The molecule has 0 fully saturated rings. The summed E-state index contributed by atoms with van der Waals surface area (Å²) in [5, 5.41) is 5.62. The van der Waals surface area contributed by atoms with E-state index in [1.807, 2.05) is 30.3 Å². The Morgan fingerprint density at radius 1 is 0.762 bits per heavy atom. The minimum atomic E-state index is -1.04. The van der Waals surface area contributed by atoms with E-state index >= 15 is 0 Å². The highest BCUT2D eigenvalue weighted by atomic mass is 16.5. The summed E-state index contributed by atoms with van der Waals surface area (Å²) >= 11 is 0. The highest BCUT2D eigenvalue weighted by molar-refractivity contribution is 6.02. The molecule has 0 aliphatic heterocycles. The summed E-state index contributed by atoms with van der Waals surface area (Å²) in [7, 11) is 0. The van der Waals surface area contributed by atoms with Crippen molar-refractivity contribution in [3.05, 3.63) is 125 Å². The molecule has 0 saturated carbocycles. The predicted molar refractivity (Wildman–Crippen MR) is 162 cm³/mol. The average molecular weight is 566 g/mol. The Hall–Kier alpha value is -5.11. The van der Waals surface area contributed by atoms with Gasteiger partial charge >= 0.3 is 0 Å². The maximum Gasteiger partial charge on any atom is 0.252 e. The second-order valence-corrected chi connectivity index (χ2v) is 10.2. The van der Waals surface area contributed by atoms with Crippen LogP contribution < -0.4 is 25.8 Å². The lowest BCUT2D eigenvalue weighted by atomic mass is 10.0. The van der Waals surface area contributed by atoms with Crippen LogP contribution in [0.25, 0.3) is 0 Å². The molecular weight excluding hydrogens is 530 g/mol. The number of anilines is 1. The first-order chi connectivity index (χ1) is 20.3. The Bertz CT molecular complexity index is 1490. The lowest BCUT2D eigenvalue weighted by Gasteiger charge is -2.20. The summed E-state index contributed by atoms with van der Waals surface area (Å²) < 4.78 is 11.6. The summed E-state index contributed by atoms with van der Waals surface area (Å²) in [5.74, 6) is 0.285. The van der Waals surface area contributed by atoms with Crippen LogP contribution >= 0.6 is 0 Å². The number of hydrogen-bond donors (Lipinski definition) is 3. The van der Waals surface area contributed by atoms with Crippen molar-refractivity contribution in [2.75, 3.05) is 11.9 Å². The average Bonchev–Trinajstić information content (AvgIpc) is 3.00. The fourth-order valence-corrected chi connectivity index (χ4v) is 4.09. The normalized spacial score (nSPS) is 11.4. The number of hydrogen-bond acceptors (Lipinski definition) is 5. The monoisotopic (exact) mass is 565 g/mol. The van der Waals surface area contributed by atoms with Crippen LogP contribution in [0.2, 0.25) is 0 Å². The van der Waals surface area contributed by atoms with Gasteiger partial charge in [-0.1, -0.05) is 62.4 Å². The zero-order valence-corrected chi connectivity index (χ0v) is 23.7. The minimum absolute atomic E-state index is 0.254. The van der Waals surface area contributed by atoms with Gasteiger partial charge in [0.25, 0.3) is 11.8 Å². The van der Waals surface area contributed by atoms with Crippen LogP contribution in [0.1, 0.15) is 58.2 Å². The summed E-state index contributed by atoms with van der Waals surface area (Å²) in [6, 6.07) is 28.8. The van der Waals surface area contributed by atoms with Crippen LogP contribution in [0.3, 0.4) is 0 Å². The van der Waals surface area contributed by atoms with Gasteiger partial charge in [0.15, 0.2) is 0 Å². The lowest BCUT2D eigenvalue weighted by Crippen LogP contribution is -2.37. The summed E-state index contributed by atoms with van der Waals surface area (Å²) in [6.45, 7) is 5.24. The van der Waals surface area contributed by atoms with Crippen molar-refractivity contribution in [3.8, 4) is 11.5 Å². The largest absolute Gasteiger partial charge is 0.494 e. The van der Waals surface area contributed by atoms with Gasteiger partial charge in [0.2, 0.25) is 5.91 Å². The van der Waals surface area contributed by atoms with Gasteiger partial charge in [-0.25, -0.2) is 0 Å². The lowest BCUT2D eigenvalue weighted by molar-refractivity contribution is -0.118. The van der Waals surface area contributed by atoms with Crippen LogP contribution in [0, 0.1) is 5.92 Å². The highest BCUT2D eigenvalue weighted by Gasteiger charge is 2.24. The molecule has 0 aliphatic carbocycles. The zero-order chi connectivity index (χ0) is 29.9. The molecule has 1 atom stereocenters. The maximum atomic E-state index is 13.5. The SMILES string of the molecule is CC(C)CCOc1ccc(C(=O)N[C@H](C(=O)Nc2cccc(C(N)=O)c2)c2ccc(OCc3ccccc3)cc2)cc1. The molecule has 8 heteroatoms. The number of ether oxygens (including phenoxy) is 2. The van der Waals surface area contributed by atoms with E-state index in [1.54, 1.807) is 66.7 Å². The molecule has 42 heavy (non-hydrogen) atoms. The Morgan fingerprint density at radius 3 is 2.10 bits per heavy atom. The van der Waals surface area contributed by atoms with Crippen molar-refractivity contribution < 1.29 is 23.9 Å². The van der Waals surface area contributed by atoms with Gasteiger partial charge < -0.3 is 25.8 Å². The molecule has 0 aromatic heterocycles. The molecule has 4 aromatic carbocycles. The van der Waals surface area contributed by atoms with Gasteiger partial charge in [-0.2, -0.15) is 0 Å². The van der Waals surface area contributed by atoms with Crippen molar-refractivity contribution in [2.24, 2.45) is 11.7 Å². The third kappa shape index (κ3) is 8.69. The number of amides is 3. The molecule has 4 N–H and O–H groups in total. The van der Waals surface area contributed by atoms with Gasteiger partial charge in [0.1, 0.15) is 24.1 Å². The molecule has 4 rings (SSSR count). The first-order valence-electron chi connectivity index (χ1n) is 13.8. The van der Waals surface area contributed by atoms with E-state index < -0.39 is 23.8 Å². The van der Waals surface area contributed by atoms with E-state index in [4.69, 9.17) is 15.2 Å². The molecular formula is C34H35N3O5. The number of carbonyl (C=O) groups is 3. The molecule has 0 saturated heterocycles. The number of nitrogens with two attached hydrogens (primary N) is 1. The van der Waals surface area contributed by atoms with Crippen molar-refractivity contribution in [1.29, 1.82) is 0 Å². The Kier molecular flexibility index (Phi) is 10.3. The highest BCUT2D eigenvalue weighted by Crippen LogP contribution is 2.22. The third-order valence-electron chi connectivity index (χ3n) is 6.49. The van der Waals surface area contributed by atoms with Gasteiger partial charge in [-0.3, -0.25) is 14.4 Å². The van der Waals surface area contributed by atoms with Crippen molar-refractivity contribution >= 4 is 23.4 Å². The molecule has 0 heterocycles. The van der Waals surface area contributed by atoms with Crippen LogP contribution in [0.5, 0.6) is 11.5 Å². The van der Waals surface area contributed by atoms with E-state index in [-0.39, 0.29) is 5.56 Å². The molecule has 216 valence electrons. The van der Waals surface area contributed by atoms with Crippen LogP contribution in [0.15, 0.2) is 103 Å². The van der Waals surface area contributed by atoms with Gasteiger partial charge in [0.05, 0.1) is 6.61 Å². The van der Waals surface area contributed by atoms with E-state index in [1.165, 1.54) is 6.07 Å². The number of carbonyl (C=O) groups excluding carboxylic acids is 3. The summed E-state index contributed by atoms with van der Waals surface area (Å²) in [5.41, 5.74) is 7.98. The first-order valence-corrected chi connectivity index (χ1v) is 13.8. The summed E-state index contributed by atoms with van der Waals surface area (Å²) in [4.78, 5) is 38.4. The fourth-order valence-electron chi connectivity index (χ4n) is 4.09. The molecule has 8 nitrogen and oxygen atoms in total. The molecule has 3 amide bonds. The topological polar surface area (TPSA) is 120 Å². The molecule has 4 aromatic rings. The number of rotatable bonds is 13. The van der Waals surface area contributed by atoms with Crippen molar-refractivity contribution in [2.45, 2.75) is 32.9 Å². The smallest absolute Gasteiger partial charge is 0.252 e. The second kappa shape index (κ2) is 14.5. The number of primary amides is 1. The quantitative estimate of drug-likeness (QED) is 0.186. The number of nitrogens with one attached hydrogen (secondary N) is 2. The Balaban J connectivity index is 1.50. The van der Waals surface area contributed by atoms with E-state index in [9.17, 15) is 14.4 Å². The molecule has 0 bridgehead atoms. The van der Waals surface area contributed by atoms with Crippen LogP contribution in [-0.2, 0) is 11.4 Å². The van der Waals surface area contributed by atoms with Crippen molar-refractivity contribution in [3.63, 3.8) is 0 Å². The van der Waals surface area contributed by atoms with Crippen LogP contribution in [0.4, 0.5) is 5.69 Å². The van der Waals surface area contributed by atoms with E-state index in [0.29, 0.717) is 47.4 Å². The Morgan fingerprint density at radius 2 is 1.43 bits per heavy atom. The zero-order valence-electron chi connectivity index (χ0n) is 23.7. The maximum absolute atomic E-state index is 13.5. The minimum Gasteiger partial charge on any atom is -0.494 e. The Labute approximate surface area is 245 Å². The molecule has 0 spiro atoms. The van der Waals surface area contributed by atoms with Gasteiger partial charge in [-0.15, -0.1) is 0 Å². The molecule has 0 aliphatic rings. The number of benzene rings is 4. The predicted octanol–water partition coefficient (Wildman–Crippen LogP) is 5.90. The standard InChI is InChI=1S/C34H35N3O5/c1-23(2)19-20-41-29-17-13-26(14-18-29)33(39)37-31(34(40)36-28-10-6-9-27(21-28)32(35)38)25-11-15-30(16-12-25)42-22-24-7-4-3-5-8-24/h3-18,21,23,31H,19-20,22H2,1-2H3,(H2,35,38)(H,36,40)(H,37,39)/t31-/m0/s1. The van der Waals surface area contributed by atoms with E-state index in [0.717, 1.165) is 12.0 Å². The third-order valence-corrected chi connectivity index (χ3v) is 6.49. The van der Waals surface area contributed by atoms with Crippen LogP contribution in [-0.4, -0.2) is 24.3 Å². The van der Waals surface area contributed by atoms with Gasteiger partial charge in [0, 0.05) is 16.8 Å². The molecule has 0 unspecified atom stereocenters. The van der Waals surface area contributed by atoms with Crippen molar-refractivity contribution in [1.82, 2.24) is 5.32 Å². The first kappa shape index (κ1) is 29.9.